The standard InChI is InChI=1S/C15H22N2O/c1-15(9-11-16-12-15)14(18)17-10-5-8-13-6-3-2-4-7-13/h2-4,6-7,16H,5,8-12H2,1H3,(H,17,18). The highest BCUT2D eigenvalue weighted by molar-refractivity contribution is 5.82. The lowest BCUT2D eigenvalue weighted by Crippen LogP contribution is -2.40. The Morgan fingerprint density at radius 1 is 1.39 bits per heavy atom. The summed E-state index contributed by atoms with van der Waals surface area (Å²) in [5.74, 6) is 0.195. The molecule has 1 aliphatic rings. The van der Waals surface area contributed by atoms with E-state index in [0.717, 1.165) is 38.9 Å². The molecule has 98 valence electrons. The highest BCUT2D eigenvalue weighted by atomic mass is 16.2. The van der Waals surface area contributed by atoms with E-state index >= 15 is 0 Å². The van der Waals surface area contributed by atoms with Gasteiger partial charge in [0.1, 0.15) is 0 Å². The number of nitrogens with one attached hydrogen (secondary N) is 2. The van der Waals surface area contributed by atoms with Crippen molar-refractivity contribution in [3.05, 3.63) is 35.9 Å². The first kappa shape index (κ1) is 13.1. The summed E-state index contributed by atoms with van der Waals surface area (Å²) in [6.07, 6.45) is 2.97. The molecule has 18 heavy (non-hydrogen) atoms. The molecule has 0 radical (unpaired) electrons. The van der Waals surface area contributed by atoms with Gasteiger partial charge in [0, 0.05) is 13.1 Å². The third-order valence-corrected chi connectivity index (χ3v) is 3.69. The van der Waals surface area contributed by atoms with Crippen molar-refractivity contribution in [3.63, 3.8) is 0 Å². The molecule has 1 aliphatic heterocycles. The topological polar surface area (TPSA) is 41.1 Å². The Balaban J connectivity index is 1.68. The van der Waals surface area contributed by atoms with Crippen molar-refractivity contribution in [1.82, 2.24) is 10.6 Å². The van der Waals surface area contributed by atoms with Crippen LogP contribution in [0.2, 0.25) is 0 Å². The number of carbonyl (C=O) groups is 1. The summed E-state index contributed by atoms with van der Waals surface area (Å²) in [7, 11) is 0. The Bertz CT molecular complexity index is 383. The van der Waals surface area contributed by atoms with Gasteiger partial charge in [-0.1, -0.05) is 30.3 Å². The molecule has 0 saturated carbocycles. The zero-order valence-corrected chi connectivity index (χ0v) is 11.0. The predicted molar refractivity (Wildman–Crippen MR) is 73.4 cm³/mol. The molecule has 1 amide bonds. The van der Waals surface area contributed by atoms with E-state index in [1.165, 1.54) is 5.56 Å². The maximum Gasteiger partial charge on any atom is 0.227 e. The molecule has 1 saturated heterocycles. The second kappa shape index (κ2) is 6.01. The van der Waals surface area contributed by atoms with Gasteiger partial charge >= 0.3 is 0 Å². The summed E-state index contributed by atoms with van der Waals surface area (Å²) in [5.41, 5.74) is 1.13. The average Bonchev–Trinajstić information content (AvgIpc) is 2.84. The Morgan fingerprint density at radius 3 is 2.83 bits per heavy atom. The van der Waals surface area contributed by atoms with E-state index < -0.39 is 0 Å². The molecule has 3 nitrogen and oxygen atoms in total. The highest BCUT2D eigenvalue weighted by Gasteiger charge is 2.35. The summed E-state index contributed by atoms with van der Waals surface area (Å²) in [5, 5.41) is 6.31. The molecule has 1 unspecified atom stereocenters. The van der Waals surface area contributed by atoms with Gasteiger partial charge in [0.05, 0.1) is 5.41 Å². The molecule has 1 fully saturated rings. The van der Waals surface area contributed by atoms with Crippen LogP contribution >= 0.6 is 0 Å². The highest BCUT2D eigenvalue weighted by Crippen LogP contribution is 2.24. The van der Waals surface area contributed by atoms with Crippen molar-refractivity contribution < 1.29 is 4.79 Å². The smallest absolute Gasteiger partial charge is 0.227 e. The average molecular weight is 246 g/mol. The molecule has 3 heteroatoms. The fourth-order valence-corrected chi connectivity index (χ4v) is 2.36. The van der Waals surface area contributed by atoms with E-state index in [1.54, 1.807) is 0 Å². The summed E-state index contributed by atoms with van der Waals surface area (Å²) < 4.78 is 0. The lowest BCUT2D eigenvalue weighted by Gasteiger charge is -2.21. The Hall–Kier alpha value is -1.35. The van der Waals surface area contributed by atoms with Crippen molar-refractivity contribution >= 4 is 5.91 Å². The fourth-order valence-electron chi connectivity index (χ4n) is 2.36. The van der Waals surface area contributed by atoms with Crippen molar-refractivity contribution in [1.29, 1.82) is 0 Å². The maximum atomic E-state index is 12.0. The zero-order valence-electron chi connectivity index (χ0n) is 11.0. The Kier molecular flexibility index (Phi) is 4.37. The number of benzene rings is 1. The lowest BCUT2D eigenvalue weighted by atomic mass is 9.89. The van der Waals surface area contributed by atoms with Gasteiger partial charge in [0.15, 0.2) is 0 Å². The molecule has 0 bridgehead atoms. The van der Waals surface area contributed by atoms with Crippen LogP contribution in [0.15, 0.2) is 30.3 Å². The third-order valence-electron chi connectivity index (χ3n) is 3.69. The van der Waals surface area contributed by atoms with Crippen LogP contribution in [0.5, 0.6) is 0 Å². The molecular formula is C15H22N2O. The van der Waals surface area contributed by atoms with E-state index in [0.29, 0.717) is 0 Å². The summed E-state index contributed by atoms with van der Waals surface area (Å²) in [4.78, 5) is 12.0. The van der Waals surface area contributed by atoms with Crippen LogP contribution in [0.25, 0.3) is 0 Å². The Labute approximate surface area is 109 Å². The van der Waals surface area contributed by atoms with E-state index in [9.17, 15) is 4.79 Å². The van der Waals surface area contributed by atoms with Gasteiger partial charge in [-0.3, -0.25) is 4.79 Å². The minimum Gasteiger partial charge on any atom is -0.356 e. The first-order valence-electron chi connectivity index (χ1n) is 6.74. The quantitative estimate of drug-likeness (QED) is 0.777. The van der Waals surface area contributed by atoms with Gasteiger partial charge in [-0.05, 0) is 38.3 Å². The zero-order chi connectivity index (χ0) is 12.8. The minimum absolute atomic E-state index is 0.195. The van der Waals surface area contributed by atoms with Gasteiger partial charge in [-0.25, -0.2) is 0 Å². The predicted octanol–water partition coefficient (Wildman–Crippen LogP) is 1.73. The number of hydrogen-bond donors (Lipinski definition) is 2. The Morgan fingerprint density at radius 2 is 2.17 bits per heavy atom. The summed E-state index contributed by atoms with van der Waals surface area (Å²) in [6.45, 7) is 4.56. The maximum absolute atomic E-state index is 12.0. The van der Waals surface area contributed by atoms with Gasteiger partial charge in [0.2, 0.25) is 5.91 Å². The van der Waals surface area contributed by atoms with E-state index in [4.69, 9.17) is 0 Å². The van der Waals surface area contributed by atoms with Crippen molar-refractivity contribution in [2.75, 3.05) is 19.6 Å². The van der Waals surface area contributed by atoms with Gasteiger partial charge < -0.3 is 10.6 Å². The van der Waals surface area contributed by atoms with Crippen LogP contribution < -0.4 is 10.6 Å². The van der Waals surface area contributed by atoms with Gasteiger partial charge in [0.25, 0.3) is 0 Å². The number of aryl methyl sites for hydroxylation is 1. The normalized spacial score (nSPS) is 22.9. The van der Waals surface area contributed by atoms with Crippen LogP contribution in [-0.4, -0.2) is 25.5 Å². The molecular weight excluding hydrogens is 224 g/mol. The molecule has 2 rings (SSSR count). The molecule has 0 aromatic heterocycles. The molecule has 0 aliphatic carbocycles. The molecule has 0 spiro atoms. The summed E-state index contributed by atoms with van der Waals surface area (Å²) in [6, 6.07) is 10.4. The molecule has 1 aromatic carbocycles. The van der Waals surface area contributed by atoms with Crippen LogP contribution in [0.4, 0.5) is 0 Å². The minimum atomic E-state index is -0.202. The third kappa shape index (κ3) is 3.33. The molecule has 2 N–H and O–H groups in total. The van der Waals surface area contributed by atoms with Crippen LogP contribution in [0, 0.1) is 5.41 Å². The number of carbonyl (C=O) groups excluding carboxylic acids is 1. The first-order valence-corrected chi connectivity index (χ1v) is 6.74. The van der Waals surface area contributed by atoms with Crippen LogP contribution in [-0.2, 0) is 11.2 Å². The van der Waals surface area contributed by atoms with E-state index in [-0.39, 0.29) is 11.3 Å². The number of amides is 1. The van der Waals surface area contributed by atoms with E-state index in [2.05, 4.69) is 34.9 Å². The van der Waals surface area contributed by atoms with Crippen molar-refractivity contribution in [3.8, 4) is 0 Å². The summed E-state index contributed by atoms with van der Waals surface area (Å²) >= 11 is 0. The first-order chi connectivity index (χ1) is 8.71. The van der Waals surface area contributed by atoms with E-state index in [1.807, 2.05) is 13.0 Å². The fraction of sp³-hybridized carbons (Fsp3) is 0.533. The second-order valence-electron chi connectivity index (χ2n) is 5.33. The largest absolute Gasteiger partial charge is 0.356 e. The SMILES string of the molecule is CC1(C(=O)NCCCc2ccccc2)CCNC1. The lowest BCUT2D eigenvalue weighted by molar-refractivity contribution is -0.129. The number of rotatable bonds is 5. The number of hydrogen-bond acceptors (Lipinski definition) is 2. The monoisotopic (exact) mass is 246 g/mol. The van der Waals surface area contributed by atoms with Gasteiger partial charge in [-0.15, -0.1) is 0 Å². The van der Waals surface area contributed by atoms with Crippen molar-refractivity contribution in [2.24, 2.45) is 5.41 Å². The van der Waals surface area contributed by atoms with Crippen LogP contribution in [0.3, 0.4) is 0 Å². The molecule has 1 heterocycles. The molecule has 1 atom stereocenters. The second-order valence-corrected chi connectivity index (χ2v) is 5.33. The van der Waals surface area contributed by atoms with Crippen molar-refractivity contribution in [2.45, 2.75) is 26.2 Å². The molecule has 1 aromatic rings. The van der Waals surface area contributed by atoms with Gasteiger partial charge in [-0.2, -0.15) is 0 Å². The van der Waals surface area contributed by atoms with Crippen LogP contribution in [0.1, 0.15) is 25.3 Å².